The fourth-order valence-electron chi connectivity index (χ4n) is 6.39. The lowest BCUT2D eigenvalue weighted by molar-refractivity contribution is -0.140. The monoisotopic (exact) mass is 692 g/mol. The lowest BCUT2D eigenvalue weighted by Crippen LogP contribution is -2.47. The van der Waals surface area contributed by atoms with Crippen molar-refractivity contribution in [2.75, 3.05) is 34.4 Å². The number of aliphatic hydroxyl groups is 1. The number of hydrogen-bond donors (Lipinski definition) is 3. The van der Waals surface area contributed by atoms with E-state index in [1.807, 2.05) is 26.0 Å². The van der Waals surface area contributed by atoms with E-state index in [1.54, 1.807) is 0 Å². The molecule has 0 heterocycles. The van der Waals surface area contributed by atoms with Crippen LogP contribution in [-0.2, 0) is 40.3 Å². The molecular formula is C35H43F3N2O7S. The summed E-state index contributed by atoms with van der Waals surface area (Å²) >= 11 is 0. The quantitative estimate of drug-likeness (QED) is 0.189. The van der Waals surface area contributed by atoms with Gasteiger partial charge in [0, 0.05) is 32.1 Å². The second-order valence-electron chi connectivity index (χ2n) is 12.9. The number of rotatable bonds is 15. The van der Waals surface area contributed by atoms with Crippen LogP contribution in [0.3, 0.4) is 0 Å². The summed E-state index contributed by atoms with van der Waals surface area (Å²) in [7, 11) is -0.844. The summed E-state index contributed by atoms with van der Waals surface area (Å²) in [6.45, 7) is 3.61. The molecule has 1 aliphatic carbocycles. The van der Waals surface area contributed by atoms with Gasteiger partial charge in [0.05, 0.1) is 30.8 Å². The Labute approximate surface area is 279 Å². The lowest BCUT2D eigenvalue weighted by Gasteiger charge is -2.31. The molecule has 9 nitrogen and oxygen atoms in total. The summed E-state index contributed by atoms with van der Waals surface area (Å²) in [5, 5.41) is 23.3. The van der Waals surface area contributed by atoms with Gasteiger partial charge in [-0.2, -0.15) is 17.5 Å². The Morgan fingerprint density at radius 3 is 2.19 bits per heavy atom. The van der Waals surface area contributed by atoms with Crippen molar-refractivity contribution in [3.8, 4) is 22.6 Å². The summed E-state index contributed by atoms with van der Waals surface area (Å²) in [6, 6.07) is 14.1. The van der Waals surface area contributed by atoms with Crippen molar-refractivity contribution in [2.45, 2.75) is 68.7 Å². The third-order valence-corrected chi connectivity index (χ3v) is 10.6. The van der Waals surface area contributed by atoms with Crippen LogP contribution >= 0.6 is 0 Å². The zero-order chi connectivity index (χ0) is 35.4. The molecular weight excluding hydrogens is 649 g/mol. The van der Waals surface area contributed by atoms with Crippen LogP contribution in [0, 0.1) is 5.92 Å². The molecule has 3 aromatic rings. The number of likely N-dealkylation sites (N-methyl/N-ethyl adjacent to an activating group) is 1. The molecule has 48 heavy (non-hydrogen) atoms. The molecule has 0 radical (unpaired) electrons. The van der Waals surface area contributed by atoms with E-state index in [0.717, 1.165) is 42.7 Å². The van der Waals surface area contributed by atoms with E-state index in [1.165, 1.54) is 43.5 Å². The van der Waals surface area contributed by atoms with Gasteiger partial charge in [-0.1, -0.05) is 30.3 Å². The molecule has 0 saturated heterocycles. The summed E-state index contributed by atoms with van der Waals surface area (Å²) in [4.78, 5) is 10.3. The van der Waals surface area contributed by atoms with Gasteiger partial charge in [-0.15, -0.1) is 0 Å². The standard InChI is InChI=1S/C35H43F3N2O7S/c1-34(2,19-22-14-23-8-6-7-9-24(23)15-22)39-20-27(41)21-40(3)48(44,45)32-12-10-25(16-29(32)35(36,37)38)28-18-31(47-5)30(46-4)17-26(28)11-13-33(42)43/h6-10,12,16-18,22,27,39,41H,11,13-15,19-21H2,1-5H3,(H,42,43). The van der Waals surface area contributed by atoms with Crippen LogP contribution in [0.2, 0.25) is 0 Å². The molecule has 0 saturated carbocycles. The number of nitrogens with zero attached hydrogens (tertiary/aromatic N) is 1. The van der Waals surface area contributed by atoms with Gasteiger partial charge in [0.25, 0.3) is 0 Å². The molecule has 4 rings (SSSR count). The number of nitrogens with one attached hydrogen (secondary N) is 1. The zero-order valence-corrected chi connectivity index (χ0v) is 28.5. The Morgan fingerprint density at radius 2 is 1.62 bits per heavy atom. The number of β-amino-alcohol motifs (C(OH)–C–C–N with tert-alkyl or cyclic N) is 1. The number of benzene rings is 3. The number of carbonyl (C=O) groups is 1. The van der Waals surface area contributed by atoms with Crippen LogP contribution in [0.1, 0.15) is 48.9 Å². The third kappa shape index (κ3) is 8.87. The number of fused-ring (bicyclic) bond motifs is 1. The van der Waals surface area contributed by atoms with E-state index < -0.39 is 45.3 Å². The Morgan fingerprint density at radius 1 is 1.02 bits per heavy atom. The van der Waals surface area contributed by atoms with Gasteiger partial charge in [0.2, 0.25) is 10.0 Å². The largest absolute Gasteiger partial charge is 0.493 e. The maximum atomic E-state index is 14.5. The van der Waals surface area contributed by atoms with E-state index in [9.17, 15) is 36.6 Å². The predicted molar refractivity (Wildman–Crippen MR) is 176 cm³/mol. The fraction of sp³-hybridized carbons (Fsp3) is 0.457. The molecule has 3 N–H and O–H groups in total. The Kier molecular flexibility index (Phi) is 11.5. The minimum atomic E-state index is -5.05. The minimum absolute atomic E-state index is 0.0158. The highest BCUT2D eigenvalue weighted by atomic mass is 32.2. The van der Waals surface area contributed by atoms with Crippen molar-refractivity contribution in [2.24, 2.45) is 5.92 Å². The number of sulfonamides is 1. The molecule has 1 unspecified atom stereocenters. The lowest BCUT2D eigenvalue weighted by atomic mass is 9.88. The molecule has 0 aliphatic heterocycles. The van der Waals surface area contributed by atoms with Crippen LogP contribution in [0.5, 0.6) is 11.5 Å². The van der Waals surface area contributed by atoms with Gasteiger partial charge in [-0.05, 0) is 97.5 Å². The van der Waals surface area contributed by atoms with E-state index in [2.05, 4.69) is 17.4 Å². The summed E-state index contributed by atoms with van der Waals surface area (Å²) < 4.78 is 81.8. The topological polar surface area (TPSA) is 125 Å². The molecule has 1 aliphatic rings. The first kappa shape index (κ1) is 37.2. The third-order valence-electron chi connectivity index (χ3n) is 8.72. The molecule has 3 aromatic carbocycles. The first-order chi connectivity index (χ1) is 22.4. The smallest absolute Gasteiger partial charge is 0.417 e. The first-order valence-electron chi connectivity index (χ1n) is 15.6. The number of ether oxygens (including phenoxy) is 2. The van der Waals surface area contributed by atoms with E-state index in [-0.39, 0.29) is 47.6 Å². The first-order valence-corrected chi connectivity index (χ1v) is 17.0. The van der Waals surface area contributed by atoms with Gasteiger partial charge >= 0.3 is 12.1 Å². The second-order valence-corrected chi connectivity index (χ2v) is 14.9. The molecule has 13 heteroatoms. The van der Waals surface area contributed by atoms with Crippen LogP contribution in [-0.4, -0.2) is 74.9 Å². The van der Waals surface area contributed by atoms with E-state index >= 15 is 0 Å². The fourth-order valence-corrected chi connectivity index (χ4v) is 7.79. The molecule has 0 bridgehead atoms. The van der Waals surface area contributed by atoms with Gasteiger partial charge in [-0.25, -0.2) is 8.42 Å². The van der Waals surface area contributed by atoms with E-state index in [4.69, 9.17) is 9.47 Å². The van der Waals surface area contributed by atoms with Crippen molar-refractivity contribution >= 4 is 16.0 Å². The van der Waals surface area contributed by atoms with Crippen molar-refractivity contribution in [3.05, 3.63) is 76.9 Å². The van der Waals surface area contributed by atoms with Gasteiger partial charge < -0.3 is 25.0 Å². The predicted octanol–water partition coefficient (Wildman–Crippen LogP) is 5.56. The number of aliphatic hydroxyl groups excluding tert-OH is 1. The van der Waals surface area contributed by atoms with Gasteiger partial charge in [0.1, 0.15) is 0 Å². The Balaban J connectivity index is 1.52. The van der Waals surface area contributed by atoms with Crippen LogP contribution in [0.4, 0.5) is 13.2 Å². The maximum Gasteiger partial charge on any atom is 0.417 e. The average Bonchev–Trinajstić information content (AvgIpc) is 3.43. The SMILES string of the molecule is COc1cc(CCC(=O)O)c(-c2ccc(S(=O)(=O)N(C)CC(O)CNC(C)(C)CC3Cc4ccccc4C3)c(C(F)(F)F)c2)cc1OC. The number of carboxylic acid groups (broad SMARTS) is 1. The van der Waals surface area contributed by atoms with Crippen LogP contribution in [0.25, 0.3) is 11.1 Å². The molecule has 1 atom stereocenters. The minimum Gasteiger partial charge on any atom is -0.493 e. The van der Waals surface area contributed by atoms with E-state index in [0.29, 0.717) is 11.5 Å². The summed E-state index contributed by atoms with van der Waals surface area (Å²) in [5.74, 6) is -0.215. The molecule has 0 fully saturated rings. The number of carboxylic acids is 1. The normalized spacial score (nSPS) is 14.6. The number of hydrogen-bond acceptors (Lipinski definition) is 7. The number of aliphatic carboxylic acids is 1. The van der Waals surface area contributed by atoms with Crippen molar-refractivity contribution in [1.29, 1.82) is 0 Å². The Hall–Kier alpha value is -3.65. The second kappa shape index (κ2) is 14.9. The average molecular weight is 693 g/mol. The number of aryl methyl sites for hydroxylation is 1. The molecule has 0 spiro atoms. The van der Waals surface area contributed by atoms with Gasteiger partial charge in [-0.3, -0.25) is 4.79 Å². The number of methoxy groups -OCH3 is 2. The molecule has 0 amide bonds. The number of alkyl halides is 3. The van der Waals surface area contributed by atoms with Crippen LogP contribution in [0.15, 0.2) is 59.5 Å². The van der Waals surface area contributed by atoms with Crippen LogP contribution < -0.4 is 14.8 Å². The zero-order valence-electron chi connectivity index (χ0n) is 27.7. The maximum absolute atomic E-state index is 14.5. The van der Waals surface area contributed by atoms with Crippen molar-refractivity contribution in [3.63, 3.8) is 0 Å². The van der Waals surface area contributed by atoms with Crippen molar-refractivity contribution in [1.82, 2.24) is 9.62 Å². The highest BCUT2D eigenvalue weighted by molar-refractivity contribution is 7.89. The molecule has 262 valence electrons. The highest BCUT2D eigenvalue weighted by Crippen LogP contribution is 2.41. The molecule has 0 aromatic heterocycles. The summed E-state index contributed by atoms with van der Waals surface area (Å²) in [6.07, 6.45) is -3.83. The van der Waals surface area contributed by atoms with Gasteiger partial charge in [0.15, 0.2) is 11.5 Å². The van der Waals surface area contributed by atoms with Crippen molar-refractivity contribution < 1.29 is 46.1 Å². The highest BCUT2D eigenvalue weighted by Gasteiger charge is 2.39. The number of halogens is 3. The summed E-state index contributed by atoms with van der Waals surface area (Å²) in [5.41, 5.74) is 1.53. The Bertz CT molecular complexity index is 1700.